The van der Waals surface area contributed by atoms with Crippen LogP contribution in [0.3, 0.4) is 0 Å². The second kappa shape index (κ2) is 12.6. The van der Waals surface area contributed by atoms with Crippen LogP contribution in [0, 0.1) is 20.8 Å². The Bertz CT molecular complexity index is 1660. The molecule has 0 saturated heterocycles. The van der Waals surface area contributed by atoms with E-state index in [1.807, 2.05) is 25.1 Å². The Kier molecular flexibility index (Phi) is 9.16. The van der Waals surface area contributed by atoms with Crippen molar-refractivity contribution in [2.24, 2.45) is 0 Å². The fourth-order valence-corrected chi connectivity index (χ4v) is 5.60. The van der Waals surface area contributed by atoms with Crippen molar-refractivity contribution >= 4 is 15.8 Å². The van der Waals surface area contributed by atoms with Gasteiger partial charge in [-0.15, -0.1) is 0 Å². The number of nitrogens with zero attached hydrogens (tertiary/aromatic N) is 4. The van der Waals surface area contributed by atoms with Crippen LogP contribution in [0.4, 0.5) is 5.82 Å². The van der Waals surface area contributed by atoms with Crippen LogP contribution in [-0.4, -0.2) is 34.9 Å². The molecule has 0 aliphatic carbocycles. The maximum atomic E-state index is 13.5. The summed E-state index contributed by atoms with van der Waals surface area (Å²) in [6.07, 6.45) is 2.54. The molecule has 0 unspecified atom stereocenters. The minimum absolute atomic E-state index is 0.115. The van der Waals surface area contributed by atoms with Gasteiger partial charge in [-0.25, -0.2) is 13.1 Å². The molecule has 0 aliphatic heterocycles. The predicted molar refractivity (Wildman–Crippen MR) is 153 cm³/mol. The molecule has 2 aromatic carbocycles. The number of benzene rings is 2. The van der Waals surface area contributed by atoms with E-state index < -0.39 is 10.0 Å². The molecule has 0 fully saturated rings. The molecular formula is C29H35N5O5S. The molecule has 2 heterocycles. The van der Waals surface area contributed by atoms with Crippen LogP contribution in [0.1, 0.15) is 60.7 Å². The maximum absolute atomic E-state index is 13.5. The van der Waals surface area contributed by atoms with Gasteiger partial charge in [0.05, 0.1) is 18.0 Å². The highest BCUT2D eigenvalue weighted by Crippen LogP contribution is 2.33. The summed E-state index contributed by atoms with van der Waals surface area (Å²) in [6, 6.07) is 12.7. The zero-order valence-corrected chi connectivity index (χ0v) is 24.3. The van der Waals surface area contributed by atoms with E-state index in [1.165, 1.54) is 0 Å². The zero-order valence-electron chi connectivity index (χ0n) is 23.5. The third-order valence-corrected chi connectivity index (χ3v) is 8.08. The van der Waals surface area contributed by atoms with E-state index in [4.69, 9.17) is 9.26 Å². The van der Waals surface area contributed by atoms with Gasteiger partial charge in [-0.05, 0) is 56.9 Å². The number of rotatable bonds is 12. The van der Waals surface area contributed by atoms with Crippen molar-refractivity contribution in [3.8, 4) is 11.1 Å². The van der Waals surface area contributed by atoms with Gasteiger partial charge in [0.15, 0.2) is 5.82 Å². The Labute approximate surface area is 234 Å². The minimum atomic E-state index is -3.99. The lowest BCUT2D eigenvalue weighted by Crippen LogP contribution is -2.24. The second-order valence-electron chi connectivity index (χ2n) is 9.62. The normalized spacial score (nSPS) is 11.6. The number of anilines is 1. The molecule has 10 nitrogen and oxygen atoms in total. The van der Waals surface area contributed by atoms with E-state index in [9.17, 15) is 13.2 Å². The van der Waals surface area contributed by atoms with Crippen molar-refractivity contribution in [1.29, 1.82) is 0 Å². The zero-order chi connectivity index (χ0) is 28.9. The van der Waals surface area contributed by atoms with Crippen molar-refractivity contribution < 1.29 is 17.7 Å². The van der Waals surface area contributed by atoms with Gasteiger partial charge in [0.25, 0.3) is 15.6 Å². The molecule has 0 spiro atoms. The highest BCUT2D eigenvalue weighted by atomic mass is 32.2. The summed E-state index contributed by atoms with van der Waals surface area (Å²) in [5.74, 6) is 1.35. The molecule has 0 aliphatic rings. The van der Waals surface area contributed by atoms with Gasteiger partial charge in [0, 0.05) is 24.2 Å². The number of aryl methyl sites for hydroxylation is 3. The Morgan fingerprint density at radius 3 is 2.52 bits per heavy atom. The molecule has 4 aromatic rings. The Morgan fingerprint density at radius 2 is 1.82 bits per heavy atom. The van der Waals surface area contributed by atoms with Gasteiger partial charge in [0.2, 0.25) is 0 Å². The molecule has 212 valence electrons. The molecule has 0 atom stereocenters. The van der Waals surface area contributed by atoms with Crippen LogP contribution in [0.5, 0.6) is 0 Å². The van der Waals surface area contributed by atoms with E-state index in [1.54, 1.807) is 49.7 Å². The quantitative estimate of drug-likeness (QED) is 0.256. The first kappa shape index (κ1) is 29.2. The summed E-state index contributed by atoms with van der Waals surface area (Å²) >= 11 is 0. The van der Waals surface area contributed by atoms with Crippen molar-refractivity contribution in [1.82, 2.24) is 19.9 Å². The summed E-state index contributed by atoms with van der Waals surface area (Å²) in [5, 5.41) is 8.35. The molecule has 11 heteroatoms. The average molecular weight is 566 g/mol. The molecule has 0 amide bonds. The van der Waals surface area contributed by atoms with Crippen LogP contribution in [0.2, 0.25) is 0 Å². The van der Waals surface area contributed by atoms with E-state index in [0.29, 0.717) is 54.6 Å². The molecule has 0 radical (unpaired) electrons. The fourth-order valence-electron chi connectivity index (χ4n) is 4.32. The number of hydrogen-bond donors (Lipinski definition) is 1. The second-order valence-corrected chi connectivity index (χ2v) is 11.3. The number of nitrogens with one attached hydrogen (secondary N) is 1. The average Bonchev–Trinajstić information content (AvgIpc) is 3.24. The van der Waals surface area contributed by atoms with Gasteiger partial charge in [-0.2, -0.15) is 10.1 Å². The molecule has 40 heavy (non-hydrogen) atoms. The smallest absolute Gasteiger partial charge is 0.294 e. The standard InChI is InChI=1S/C29H35N5O5S/c1-6-8-13-27-30-29(35)20(4)31-34(27)17-22-14-15-24(23(16-22)18-38-7-2)25-11-9-10-12-26(25)40(36,37)33-28-19(3)21(5)39-32-28/h9-12,14-16H,6-8,13,17-18H2,1-5H3,(H,32,33). The van der Waals surface area contributed by atoms with Gasteiger partial charge < -0.3 is 9.26 Å². The molecule has 4 rings (SSSR count). The first-order valence-electron chi connectivity index (χ1n) is 13.3. The van der Waals surface area contributed by atoms with Crippen LogP contribution in [0.15, 0.2) is 56.7 Å². The predicted octanol–water partition coefficient (Wildman–Crippen LogP) is 4.95. The number of sulfonamides is 1. The van der Waals surface area contributed by atoms with Crippen LogP contribution < -0.4 is 10.3 Å². The third-order valence-electron chi connectivity index (χ3n) is 6.68. The fraction of sp³-hybridized carbons (Fsp3) is 0.379. The third kappa shape index (κ3) is 6.48. The summed E-state index contributed by atoms with van der Waals surface area (Å²) < 4.78 is 42.3. The number of hydrogen-bond acceptors (Lipinski definition) is 8. The van der Waals surface area contributed by atoms with E-state index in [0.717, 1.165) is 29.5 Å². The summed E-state index contributed by atoms with van der Waals surface area (Å²) in [6.45, 7) is 10.3. The van der Waals surface area contributed by atoms with Crippen molar-refractivity contribution in [2.45, 2.75) is 71.9 Å². The topological polar surface area (TPSA) is 129 Å². The number of ether oxygens (including phenoxy) is 1. The summed E-state index contributed by atoms with van der Waals surface area (Å²) in [4.78, 5) is 16.5. The largest absolute Gasteiger partial charge is 0.377 e. The lowest BCUT2D eigenvalue weighted by atomic mass is 9.97. The van der Waals surface area contributed by atoms with Crippen molar-refractivity contribution in [2.75, 3.05) is 11.3 Å². The summed E-state index contributed by atoms with van der Waals surface area (Å²) in [5.41, 5.74) is 3.70. The molecule has 0 saturated carbocycles. The lowest BCUT2D eigenvalue weighted by Gasteiger charge is -2.17. The van der Waals surface area contributed by atoms with Gasteiger partial charge in [0.1, 0.15) is 17.3 Å². The van der Waals surface area contributed by atoms with E-state index >= 15 is 0 Å². The monoisotopic (exact) mass is 565 g/mol. The molecule has 2 aromatic heterocycles. The highest BCUT2D eigenvalue weighted by Gasteiger charge is 2.23. The minimum Gasteiger partial charge on any atom is -0.377 e. The first-order chi connectivity index (χ1) is 19.1. The van der Waals surface area contributed by atoms with Crippen LogP contribution in [0.25, 0.3) is 11.1 Å². The SMILES string of the molecule is CCCCc1nc(=O)c(C)nn1Cc1ccc(-c2ccccc2S(=O)(=O)Nc2noc(C)c2C)c(COCC)c1. The van der Waals surface area contributed by atoms with Gasteiger partial charge in [-0.1, -0.05) is 54.9 Å². The molecule has 0 bridgehead atoms. The first-order valence-corrected chi connectivity index (χ1v) is 14.8. The van der Waals surface area contributed by atoms with E-state index in [2.05, 4.69) is 26.9 Å². The maximum Gasteiger partial charge on any atom is 0.294 e. The van der Waals surface area contributed by atoms with E-state index in [-0.39, 0.29) is 16.3 Å². The molecular weight excluding hydrogens is 530 g/mol. The Hall–Kier alpha value is -3.83. The Balaban J connectivity index is 1.75. The molecule has 1 N–H and O–H groups in total. The summed E-state index contributed by atoms with van der Waals surface area (Å²) in [7, 11) is -3.99. The van der Waals surface area contributed by atoms with Gasteiger partial charge in [-0.3, -0.25) is 9.52 Å². The van der Waals surface area contributed by atoms with Crippen molar-refractivity contribution in [3.63, 3.8) is 0 Å². The van der Waals surface area contributed by atoms with Gasteiger partial charge >= 0.3 is 0 Å². The highest BCUT2D eigenvalue weighted by molar-refractivity contribution is 7.92. The Morgan fingerprint density at radius 1 is 1.05 bits per heavy atom. The number of unbranched alkanes of at least 4 members (excludes halogenated alkanes) is 1. The lowest BCUT2D eigenvalue weighted by molar-refractivity contribution is 0.134. The van der Waals surface area contributed by atoms with Crippen molar-refractivity contribution in [3.05, 3.63) is 86.8 Å². The number of aromatic nitrogens is 4. The van der Waals surface area contributed by atoms with Crippen LogP contribution >= 0.6 is 0 Å². The van der Waals surface area contributed by atoms with Crippen LogP contribution in [-0.2, 0) is 34.3 Å².